The van der Waals surface area contributed by atoms with Crippen LogP contribution in [0.5, 0.6) is 0 Å². The van der Waals surface area contributed by atoms with Gasteiger partial charge >= 0.3 is 5.97 Å². The molecule has 0 aliphatic heterocycles. The van der Waals surface area contributed by atoms with Gasteiger partial charge in [0.25, 0.3) is 5.91 Å². The second-order valence-electron chi connectivity index (χ2n) is 5.64. The molecular weight excluding hydrogens is 303 g/mol. The summed E-state index contributed by atoms with van der Waals surface area (Å²) >= 11 is 0. The number of aliphatic carboxylic acids is 1. The summed E-state index contributed by atoms with van der Waals surface area (Å²) in [6, 6.07) is 5.64. The summed E-state index contributed by atoms with van der Waals surface area (Å²) in [6.45, 7) is 1.73. The van der Waals surface area contributed by atoms with E-state index >= 15 is 0 Å². The van der Waals surface area contributed by atoms with Crippen molar-refractivity contribution in [1.29, 1.82) is 0 Å². The first-order chi connectivity index (χ1) is 10.9. The molecule has 2 N–H and O–H groups in total. The molecule has 0 saturated heterocycles. The first-order valence-electron chi connectivity index (χ1n) is 7.12. The third kappa shape index (κ3) is 2.92. The quantitative estimate of drug-likeness (QED) is 0.866. The molecule has 0 spiro atoms. The Kier molecular flexibility index (Phi) is 3.59. The molecule has 1 heterocycles. The average Bonchev–Trinajstić information content (AvgIpc) is 3.22. The highest BCUT2D eigenvalue weighted by Gasteiger charge is 2.50. The minimum atomic E-state index is -0.904. The topological polar surface area (TPSA) is 97.1 Å². The number of carboxylic acids is 1. The number of carbonyl (C=O) groups excluding carboxylic acids is 1. The van der Waals surface area contributed by atoms with Crippen LogP contribution in [-0.4, -0.2) is 38.3 Å². The van der Waals surface area contributed by atoms with Crippen molar-refractivity contribution in [3.63, 3.8) is 0 Å². The summed E-state index contributed by atoms with van der Waals surface area (Å²) in [4.78, 5) is 27.3. The highest BCUT2D eigenvalue weighted by molar-refractivity contribution is 5.91. The van der Waals surface area contributed by atoms with E-state index in [1.165, 1.54) is 28.9 Å². The van der Waals surface area contributed by atoms with Gasteiger partial charge in [0, 0.05) is 6.54 Å². The molecule has 1 amide bonds. The second kappa shape index (κ2) is 5.45. The molecule has 23 heavy (non-hydrogen) atoms. The predicted molar refractivity (Wildman–Crippen MR) is 77.7 cm³/mol. The molecule has 3 rings (SSSR count). The van der Waals surface area contributed by atoms with E-state index < -0.39 is 17.3 Å². The van der Waals surface area contributed by atoms with E-state index in [0.29, 0.717) is 24.4 Å². The van der Waals surface area contributed by atoms with Gasteiger partial charge in [-0.3, -0.25) is 9.59 Å². The van der Waals surface area contributed by atoms with Crippen LogP contribution < -0.4 is 5.32 Å². The van der Waals surface area contributed by atoms with Gasteiger partial charge in [-0.05, 0) is 44.0 Å². The molecule has 120 valence electrons. The molecule has 1 aromatic carbocycles. The summed E-state index contributed by atoms with van der Waals surface area (Å²) in [7, 11) is 0. The normalized spacial score (nSPS) is 15.2. The van der Waals surface area contributed by atoms with Crippen LogP contribution >= 0.6 is 0 Å². The van der Waals surface area contributed by atoms with E-state index in [-0.39, 0.29) is 18.2 Å². The van der Waals surface area contributed by atoms with Gasteiger partial charge in [-0.1, -0.05) is 0 Å². The number of carboxylic acid groups (broad SMARTS) is 1. The van der Waals surface area contributed by atoms with Crippen molar-refractivity contribution < 1.29 is 19.1 Å². The zero-order valence-electron chi connectivity index (χ0n) is 12.4. The molecule has 1 fully saturated rings. The van der Waals surface area contributed by atoms with Gasteiger partial charge < -0.3 is 10.4 Å². The zero-order chi connectivity index (χ0) is 16.6. The fraction of sp³-hybridized carbons (Fsp3) is 0.333. The van der Waals surface area contributed by atoms with Gasteiger partial charge in [-0.2, -0.15) is 0 Å². The Balaban J connectivity index is 1.74. The first-order valence-corrected chi connectivity index (χ1v) is 7.12. The van der Waals surface area contributed by atoms with Crippen LogP contribution in [0.3, 0.4) is 0 Å². The van der Waals surface area contributed by atoms with E-state index in [1.54, 1.807) is 6.92 Å². The summed E-state index contributed by atoms with van der Waals surface area (Å²) in [5.41, 5.74) is -0.260. The van der Waals surface area contributed by atoms with Crippen molar-refractivity contribution >= 4 is 11.9 Å². The maximum Gasteiger partial charge on any atom is 0.311 e. The lowest BCUT2D eigenvalue weighted by atomic mass is 10.1. The molecule has 0 atom stereocenters. The third-order valence-electron chi connectivity index (χ3n) is 3.94. The molecule has 8 heteroatoms. The van der Waals surface area contributed by atoms with Crippen molar-refractivity contribution in [2.75, 3.05) is 6.54 Å². The van der Waals surface area contributed by atoms with E-state index in [1.807, 2.05) is 0 Å². The zero-order valence-corrected chi connectivity index (χ0v) is 12.4. The summed E-state index contributed by atoms with van der Waals surface area (Å²) in [6.07, 6.45) is 1.11. The molecule has 1 aliphatic carbocycles. The number of nitrogens with one attached hydrogen (secondary N) is 1. The Morgan fingerprint density at radius 1 is 1.35 bits per heavy atom. The maximum atomic E-state index is 13.0. The molecule has 0 bridgehead atoms. The summed E-state index contributed by atoms with van der Waals surface area (Å²) in [5, 5.41) is 15.8. The number of aryl methyl sites for hydroxylation is 1. The fourth-order valence-electron chi connectivity index (χ4n) is 2.26. The Labute approximate surface area is 131 Å². The molecular formula is C15H15FN4O3. The van der Waals surface area contributed by atoms with Crippen LogP contribution in [0.4, 0.5) is 4.39 Å². The van der Waals surface area contributed by atoms with Gasteiger partial charge in [0.15, 0.2) is 0 Å². The Morgan fingerprint density at radius 3 is 2.57 bits per heavy atom. The minimum absolute atomic E-state index is 0.0481. The minimum Gasteiger partial charge on any atom is -0.481 e. The second-order valence-corrected chi connectivity index (χ2v) is 5.64. The first kappa shape index (κ1) is 15.1. The lowest BCUT2D eigenvalue weighted by Crippen LogP contribution is -2.34. The number of rotatable bonds is 5. The summed E-state index contributed by atoms with van der Waals surface area (Å²) < 4.78 is 14.4. The Bertz CT molecular complexity index is 766. The molecule has 0 unspecified atom stereocenters. The number of hydrogen-bond donors (Lipinski definition) is 2. The monoisotopic (exact) mass is 318 g/mol. The number of benzene rings is 1. The highest BCUT2D eigenvalue weighted by Crippen LogP contribution is 2.45. The maximum absolute atomic E-state index is 13.0. The fourth-order valence-corrected chi connectivity index (χ4v) is 2.26. The number of halogens is 1. The van der Waals surface area contributed by atoms with Gasteiger partial charge in [0.05, 0.1) is 11.1 Å². The lowest BCUT2D eigenvalue weighted by Gasteiger charge is -2.09. The molecule has 1 aliphatic rings. The van der Waals surface area contributed by atoms with Gasteiger partial charge in [-0.25, -0.2) is 14.1 Å². The lowest BCUT2D eigenvalue weighted by molar-refractivity contribution is -0.143. The molecule has 7 nitrogen and oxygen atoms in total. The van der Waals surface area contributed by atoms with E-state index in [0.717, 1.165) is 0 Å². The van der Waals surface area contributed by atoms with Crippen LogP contribution in [0.25, 0.3) is 5.69 Å². The molecule has 0 radical (unpaired) electrons. The number of carbonyl (C=O) groups is 2. The van der Waals surface area contributed by atoms with Crippen LogP contribution in [0.2, 0.25) is 0 Å². The van der Waals surface area contributed by atoms with Gasteiger partial charge in [0.1, 0.15) is 11.6 Å². The van der Waals surface area contributed by atoms with Crippen molar-refractivity contribution in [3.05, 3.63) is 41.7 Å². The number of hydrogen-bond acceptors (Lipinski definition) is 4. The van der Waals surface area contributed by atoms with Crippen molar-refractivity contribution in [2.24, 2.45) is 5.41 Å². The average molecular weight is 318 g/mol. The van der Waals surface area contributed by atoms with Gasteiger partial charge in [-0.15, -0.1) is 5.10 Å². The standard InChI is InChI=1S/C15H15FN4O3/c1-9-18-12(13(21)17-8-15(6-7-15)14(22)23)19-20(9)11-4-2-10(16)3-5-11/h2-5H,6-8H2,1H3,(H,17,21)(H,22,23). The van der Waals surface area contributed by atoms with E-state index in [2.05, 4.69) is 15.4 Å². The molecule has 2 aromatic rings. The van der Waals surface area contributed by atoms with Crippen LogP contribution in [0.1, 0.15) is 29.3 Å². The third-order valence-corrected chi connectivity index (χ3v) is 3.94. The van der Waals surface area contributed by atoms with Crippen LogP contribution in [0.15, 0.2) is 24.3 Å². The Hall–Kier alpha value is -2.77. The number of amides is 1. The van der Waals surface area contributed by atoms with Crippen molar-refractivity contribution in [1.82, 2.24) is 20.1 Å². The van der Waals surface area contributed by atoms with Crippen LogP contribution in [-0.2, 0) is 4.79 Å². The van der Waals surface area contributed by atoms with E-state index in [9.17, 15) is 14.0 Å². The Morgan fingerprint density at radius 2 is 2.00 bits per heavy atom. The van der Waals surface area contributed by atoms with Gasteiger partial charge in [0.2, 0.25) is 5.82 Å². The molecule has 1 saturated carbocycles. The number of aromatic nitrogens is 3. The molecule has 1 aromatic heterocycles. The largest absolute Gasteiger partial charge is 0.481 e. The van der Waals surface area contributed by atoms with Crippen LogP contribution in [0, 0.1) is 18.2 Å². The SMILES string of the molecule is Cc1nc(C(=O)NCC2(C(=O)O)CC2)nn1-c1ccc(F)cc1. The highest BCUT2D eigenvalue weighted by atomic mass is 19.1. The predicted octanol–water partition coefficient (Wildman–Crippen LogP) is 1.31. The summed E-state index contributed by atoms with van der Waals surface area (Å²) in [5.74, 6) is -1.37. The van der Waals surface area contributed by atoms with E-state index in [4.69, 9.17) is 5.11 Å². The van der Waals surface area contributed by atoms with Crippen molar-refractivity contribution in [3.8, 4) is 5.69 Å². The smallest absolute Gasteiger partial charge is 0.311 e. The van der Waals surface area contributed by atoms with Crippen molar-refractivity contribution in [2.45, 2.75) is 19.8 Å². The number of nitrogens with zero attached hydrogens (tertiary/aromatic N) is 3.